The topological polar surface area (TPSA) is 38.0 Å². The summed E-state index contributed by atoms with van der Waals surface area (Å²) in [6.07, 6.45) is 0. The van der Waals surface area contributed by atoms with Gasteiger partial charge in [-0.05, 0) is 76.9 Å². The Morgan fingerprint density at radius 1 is 0.500 bits per heavy atom. The van der Waals surface area contributed by atoms with Gasteiger partial charge in [-0.2, -0.15) is 5.26 Å². The molecule has 2 aromatic heterocycles. The van der Waals surface area contributed by atoms with E-state index in [4.69, 9.17) is 6.57 Å². The van der Waals surface area contributed by atoms with Crippen molar-refractivity contribution < 1.29 is 0 Å². The van der Waals surface area contributed by atoms with Gasteiger partial charge in [0, 0.05) is 38.5 Å². The van der Waals surface area contributed by atoms with Crippen molar-refractivity contribution in [2.45, 2.75) is 0 Å². The van der Waals surface area contributed by atoms with E-state index in [1.165, 1.54) is 32.6 Å². The number of nitriles is 1. The van der Waals surface area contributed by atoms with Crippen molar-refractivity contribution in [3.05, 3.63) is 175 Å². The lowest BCUT2D eigenvalue weighted by Crippen LogP contribution is -1.97. The number of hydrogen-bond donors (Lipinski definition) is 0. The van der Waals surface area contributed by atoms with Gasteiger partial charge in [0.15, 0.2) is 5.69 Å². The minimum absolute atomic E-state index is 0.465. The van der Waals surface area contributed by atoms with Gasteiger partial charge in [0.05, 0.1) is 34.7 Å². The molecular formula is C44H26N4. The molecule has 0 aliphatic heterocycles. The summed E-state index contributed by atoms with van der Waals surface area (Å²) in [6.45, 7) is 7.91. The average Bonchev–Trinajstić information content (AvgIpc) is 3.68. The molecule has 222 valence electrons. The number of aromatic nitrogens is 2. The molecule has 2 heterocycles. The van der Waals surface area contributed by atoms with Crippen LogP contribution in [0.25, 0.3) is 82.1 Å². The minimum atomic E-state index is 0.465. The van der Waals surface area contributed by atoms with Crippen LogP contribution in [-0.2, 0) is 0 Å². The van der Waals surface area contributed by atoms with E-state index in [1.54, 1.807) is 12.1 Å². The molecule has 0 spiro atoms. The van der Waals surface area contributed by atoms with Crippen LogP contribution < -0.4 is 0 Å². The number of hydrogen-bond acceptors (Lipinski definition) is 1. The van der Waals surface area contributed by atoms with Gasteiger partial charge in [0.2, 0.25) is 0 Å². The molecule has 4 nitrogen and oxygen atoms in total. The molecule has 7 aromatic carbocycles. The largest absolute Gasteiger partial charge is 0.309 e. The van der Waals surface area contributed by atoms with Crippen molar-refractivity contribution in [2.75, 3.05) is 0 Å². The fourth-order valence-electron chi connectivity index (χ4n) is 7.32. The van der Waals surface area contributed by atoms with Gasteiger partial charge in [-0.15, -0.1) is 0 Å². The van der Waals surface area contributed by atoms with Crippen molar-refractivity contribution in [3.63, 3.8) is 0 Å². The predicted molar refractivity (Wildman–Crippen MR) is 197 cm³/mol. The maximum atomic E-state index is 9.50. The molecule has 0 radical (unpaired) electrons. The van der Waals surface area contributed by atoms with Crippen molar-refractivity contribution in [2.24, 2.45) is 0 Å². The fourth-order valence-corrected chi connectivity index (χ4v) is 7.32. The molecule has 0 saturated heterocycles. The first kappa shape index (κ1) is 27.4. The van der Waals surface area contributed by atoms with Crippen LogP contribution in [0.4, 0.5) is 5.69 Å². The maximum absolute atomic E-state index is 9.50. The molecule has 0 amide bonds. The van der Waals surface area contributed by atoms with E-state index >= 15 is 0 Å². The summed E-state index contributed by atoms with van der Waals surface area (Å²) in [5.41, 5.74) is 11.6. The van der Waals surface area contributed by atoms with E-state index in [-0.39, 0.29) is 0 Å². The van der Waals surface area contributed by atoms with E-state index in [0.29, 0.717) is 11.3 Å². The Morgan fingerprint density at radius 3 is 1.92 bits per heavy atom. The molecule has 0 unspecified atom stereocenters. The highest BCUT2D eigenvalue weighted by Gasteiger charge is 2.21. The zero-order valence-corrected chi connectivity index (χ0v) is 25.8. The Hall–Kier alpha value is -6.88. The van der Waals surface area contributed by atoms with Crippen molar-refractivity contribution in [1.29, 1.82) is 5.26 Å². The minimum Gasteiger partial charge on any atom is -0.309 e. The molecule has 0 saturated carbocycles. The first-order chi connectivity index (χ1) is 23.7. The number of para-hydroxylation sites is 3. The Morgan fingerprint density at radius 2 is 1.17 bits per heavy atom. The molecule has 0 bridgehead atoms. The molecule has 0 aliphatic carbocycles. The molecule has 0 aliphatic rings. The zero-order valence-electron chi connectivity index (χ0n) is 25.8. The van der Waals surface area contributed by atoms with Crippen LogP contribution in [0.5, 0.6) is 0 Å². The highest BCUT2D eigenvalue weighted by atomic mass is 15.0. The third-order valence-corrected chi connectivity index (χ3v) is 9.37. The van der Waals surface area contributed by atoms with Crippen LogP contribution in [0.15, 0.2) is 158 Å². The van der Waals surface area contributed by atoms with Gasteiger partial charge >= 0.3 is 0 Å². The summed E-state index contributed by atoms with van der Waals surface area (Å²) in [6, 6.07) is 56.8. The first-order valence-corrected chi connectivity index (χ1v) is 15.9. The Bertz CT molecular complexity index is 2790. The van der Waals surface area contributed by atoms with Crippen LogP contribution in [0.3, 0.4) is 0 Å². The molecule has 4 heteroatoms. The summed E-state index contributed by atoms with van der Waals surface area (Å²) in [4.78, 5) is 3.82. The lowest BCUT2D eigenvalue weighted by Gasteiger charge is -2.16. The fraction of sp³-hybridized carbons (Fsp3) is 0. The molecule has 0 N–H and O–H groups in total. The third-order valence-electron chi connectivity index (χ3n) is 9.37. The summed E-state index contributed by atoms with van der Waals surface area (Å²) in [7, 11) is 0. The summed E-state index contributed by atoms with van der Waals surface area (Å²) >= 11 is 0. The second-order valence-corrected chi connectivity index (χ2v) is 11.9. The maximum Gasteiger partial charge on any atom is 0.196 e. The Labute approximate surface area is 277 Å². The van der Waals surface area contributed by atoms with Gasteiger partial charge in [-0.25, -0.2) is 4.85 Å². The highest BCUT2D eigenvalue weighted by molar-refractivity contribution is 6.26. The monoisotopic (exact) mass is 610 g/mol. The molecule has 9 rings (SSSR count). The Balaban J connectivity index is 1.38. The van der Waals surface area contributed by atoms with Gasteiger partial charge in [-0.3, -0.25) is 0 Å². The quantitative estimate of drug-likeness (QED) is 0.183. The van der Waals surface area contributed by atoms with Crippen LogP contribution in [0.2, 0.25) is 0 Å². The molecular weight excluding hydrogens is 585 g/mol. The molecule has 48 heavy (non-hydrogen) atoms. The second kappa shape index (κ2) is 10.9. The average molecular weight is 611 g/mol. The Kier molecular flexibility index (Phi) is 6.22. The first-order valence-electron chi connectivity index (χ1n) is 15.9. The van der Waals surface area contributed by atoms with E-state index in [9.17, 15) is 5.26 Å². The third kappa shape index (κ3) is 4.07. The van der Waals surface area contributed by atoms with Gasteiger partial charge in [-0.1, -0.05) is 103 Å². The molecule has 0 atom stereocenters. The normalized spacial score (nSPS) is 11.3. The SMILES string of the molecule is [C-]#[N+]c1cc(C#N)ccc1-c1ccc(-n2c3ccccc3c3c2ccc2c4ccccc4n(-c4ccccc4)c23)cc1-c1ccccc1. The van der Waals surface area contributed by atoms with Crippen molar-refractivity contribution in [3.8, 4) is 39.7 Å². The lowest BCUT2D eigenvalue weighted by atomic mass is 9.92. The van der Waals surface area contributed by atoms with Gasteiger partial charge < -0.3 is 9.13 Å². The summed E-state index contributed by atoms with van der Waals surface area (Å²) in [5.74, 6) is 0. The number of fused-ring (bicyclic) bond motifs is 7. The van der Waals surface area contributed by atoms with E-state index in [1.807, 2.05) is 24.3 Å². The molecule has 0 fully saturated rings. The van der Waals surface area contributed by atoms with Crippen LogP contribution in [0, 0.1) is 17.9 Å². The lowest BCUT2D eigenvalue weighted by molar-refractivity contribution is 1.17. The molecule has 9 aromatic rings. The number of benzene rings is 7. The zero-order chi connectivity index (χ0) is 32.2. The summed E-state index contributed by atoms with van der Waals surface area (Å²) in [5, 5.41) is 14.3. The van der Waals surface area contributed by atoms with Gasteiger partial charge in [0.25, 0.3) is 0 Å². The van der Waals surface area contributed by atoms with Crippen LogP contribution in [0.1, 0.15) is 5.56 Å². The predicted octanol–water partition coefficient (Wildman–Crippen LogP) is 11.6. The van der Waals surface area contributed by atoms with Crippen molar-refractivity contribution >= 4 is 49.3 Å². The van der Waals surface area contributed by atoms with Crippen molar-refractivity contribution in [1.82, 2.24) is 9.13 Å². The standard InChI is InChI=1S/C44H26N4/c1-46-39-26-29(28-45)20-22-34(39)33-23-21-32(27-38(33)30-12-4-2-5-13-30)47-41-19-11-9-17-37(41)43-42(47)25-24-36-35-16-8-10-18-40(35)48(44(36)43)31-14-6-3-7-15-31/h2-27H. The van der Waals surface area contributed by atoms with Crippen LogP contribution >= 0.6 is 0 Å². The van der Waals surface area contributed by atoms with Gasteiger partial charge in [0.1, 0.15) is 0 Å². The smallest absolute Gasteiger partial charge is 0.196 e. The van der Waals surface area contributed by atoms with E-state index < -0.39 is 0 Å². The van der Waals surface area contributed by atoms with E-state index in [0.717, 1.165) is 44.7 Å². The summed E-state index contributed by atoms with van der Waals surface area (Å²) < 4.78 is 4.76. The number of nitrogens with zero attached hydrogens (tertiary/aromatic N) is 4. The highest BCUT2D eigenvalue weighted by Crippen LogP contribution is 2.44. The van der Waals surface area contributed by atoms with Crippen LogP contribution in [-0.4, -0.2) is 9.13 Å². The second-order valence-electron chi connectivity index (χ2n) is 11.9. The van der Waals surface area contributed by atoms with E-state index in [2.05, 4.69) is 141 Å². The number of rotatable bonds is 4.